The van der Waals surface area contributed by atoms with E-state index in [4.69, 9.17) is 9.15 Å². The van der Waals surface area contributed by atoms with Gasteiger partial charge in [0, 0.05) is 18.6 Å². The second-order valence-corrected chi connectivity index (χ2v) is 2.83. The monoisotopic (exact) mass is 184 g/mol. The number of hydrogen-bond acceptors (Lipinski definition) is 3. The number of ether oxygens (including phenoxy) is 1. The van der Waals surface area contributed by atoms with Crippen molar-refractivity contribution in [3.8, 4) is 0 Å². The predicted octanol–water partition coefficient (Wildman–Crippen LogP) is 1.91. The van der Waals surface area contributed by atoms with E-state index < -0.39 is 6.10 Å². The summed E-state index contributed by atoms with van der Waals surface area (Å²) in [6.07, 6.45) is 1.84. The predicted molar refractivity (Wildman–Crippen MR) is 49.5 cm³/mol. The van der Waals surface area contributed by atoms with E-state index >= 15 is 0 Å². The first-order valence-corrected chi connectivity index (χ1v) is 4.61. The van der Waals surface area contributed by atoms with Crippen molar-refractivity contribution in [1.29, 1.82) is 0 Å². The summed E-state index contributed by atoms with van der Waals surface area (Å²) in [6.45, 7) is 4.86. The van der Waals surface area contributed by atoms with Gasteiger partial charge in [0.05, 0.1) is 12.9 Å². The van der Waals surface area contributed by atoms with Crippen molar-refractivity contribution < 1.29 is 14.3 Å². The minimum absolute atomic E-state index is 0.336. The normalized spacial score (nSPS) is 13.2. The molecule has 1 unspecified atom stereocenters. The van der Waals surface area contributed by atoms with Crippen molar-refractivity contribution in [3.05, 3.63) is 23.7 Å². The number of aliphatic hydroxyl groups is 1. The number of aryl methyl sites for hydroxylation is 1. The van der Waals surface area contributed by atoms with Crippen LogP contribution in [0.5, 0.6) is 0 Å². The molecule has 0 fully saturated rings. The smallest absolute Gasteiger partial charge is 0.109 e. The Morgan fingerprint density at radius 1 is 1.54 bits per heavy atom. The van der Waals surface area contributed by atoms with E-state index in [0.29, 0.717) is 13.2 Å². The molecule has 1 N–H and O–H groups in total. The Bertz CT molecular complexity index is 242. The first-order chi connectivity index (χ1) is 6.29. The summed E-state index contributed by atoms with van der Waals surface area (Å²) in [7, 11) is 0. The molecule has 13 heavy (non-hydrogen) atoms. The molecule has 1 aromatic heterocycles. The Morgan fingerprint density at radius 2 is 2.31 bits per heavy atom. The Kier molecular flexibility index (Phi) is 3.99. The van der Waals surface area contributed by atoms with Gasteiger partial charge in [0.25, 0.3) is 0 Å². The van der Waals surface area contributed by atoms with E-state index in [9.17, 15) is 5.11 Å². The fraction of sp³-hybridized carbons (Fsp3) is 0.600. The Morgan fingerprint density at radius 3 is 2.92 bits per heavy atom. The Balaban J connectivity index is 2.59. The summed E-state index contributed by atoms with van der Waals surface area (Å²) in [5, 5.41) is 9.67. The van der Waals surface area contributed by atoms with Crippen LogP contribution in [0.15, 0.2) is 16.7 Å². The van der Waals surface area contributed by atoms with Crippen molar-refractivity contribution in [2.45, 2.75) is 26.4 Å². The van der Waals surface area contributed by atoms with Crippen LogP contribution in [-0.2, 0) is 11.2 Å². The van der Waals surface area contributed by atoms with Gasteiger partial charge in [-0.15, -0.1) is 0 Å². The summed E-state index contributed by atoms with van der Waals surface area (Å²) in [5.41, 5.74) is 0.843. The fourth-order valence-corrected chi connectivity index (χ4v) is 1.25. The fourth-order valence-electron chi connectivity index (χ4n) is 1.25. The molecule has 0 spiro atoms. The third kappa shape index (κ3) is 2.57. The lowest BCUT2D eigenvalue weighted by Crippen LogP contribution is -2.07. The number of aliphatic hydroxyl groups excluding tert-OH is 1. The lowest BCUT2D eigenvalue weighted by atomic mass is 10.1. The summed E-state index contributed by atoms with van der Waals surface area (Å²) in [4.78, 5) is 0. The molecule has 0 saturated heterocycles. The molecule has 0 aromatic carbocycles. The summed E-state index contributed by atoms with van der Waals surface area (Å²) >= 11 is 0. The lowest BCUT2D eigenvalue weighted by Gasteiger charge is -2.09. The van der Waals surface area contributed by atoms with Crippen LogP contribution in [-0.4, -0.2) is 18.3 Å². The van der Waals surface area contributed by atoms with Crippen LogP contribution < -0.4 is 0 Å². The Hall–Kier alpha value is -0.800. The van der Waals surface area contributed by atoms with Gasteiger partial charge >= 0.3 is 0 Å². The van der Waals surface area contributed by atoms with Crippen LogP contribution in [0.3, 0.4) is 0 Å². The van der Waals surface area contributed by atoms with E-state index in [1.165, 1.54) is 0 Å². The van der Waals surface area contributed by atoms with Gasteiger partial charge in [-0.25, -0.2) is 0 Å². The minimum atomic E-state index is -0.561. The highest BCUT2D eigenvalue weighted by atomic mass is 16.5. The molecule has 0 aliphatic carbocycles. The van der Waals surface area contributed by atoms with E-state index in [1.54, 1.807) is 12.3 Å². The van der Waals surface area contributed by atoms with Gasteiger partial charge in [-0.05, 0) is 13.0 Å². The van der Waals surface area contributed by atoms with Gasteiger partial charge in [-0.3, -0.25) is 0 Å². The quantitative estimate of drug-likeness (QED) is 0.760. The molecule has 0 bridgehead atoms. The topological polar surface area (TPSA) is 42.6 Å². The summed E-state index contributed by atoms with van der Waals surface area (Å²) in [6, 6.07) is 1.79. The second-order valence-electron chi connectivity index (χ2n) is 2.83. The number of hydrogen-bond donors (Lipinski definition) is 1. The average molecular weight is 184 g/mol. The van der Waals surface area contributed by atoms with Crippen molar-refractivity contribution in [2.24, 2.45) is 0 Å². The molecular formula is C10H16O3. The summed E-state index contributed by atoms with van der Waals surface area (Å²) < 4.78 is 10.3. The van der Waals surface area contributed by atoms with Gasteiger partial charge in [-0.2, -0.15) is 0 Å². The average Bonchev–Trinajstić information content (AvgIpc) is 2.61. The van der Waals surface area contributed by atoms with Crippen molar-refractivity contribution in [1.82, 2.24) is 0 Å². The molecule has 1 rings (SSSR count). The van der Waals surface area contributed by atoms with Crippen LogP contribution in [0.4, 0.5) is 0 Å². The van der Waals surface area contributed by atoms with E-state index in [1.807, 2.05) is 13.8 Å². The molecule has 74 valence electrons. The molecule has 1 atom stereocenters. The van der Waals surface area contributed by atoms with Crippen molar-refractivity contribution >= 4 is 0 Å². The highest BCUT2D eigenvalue weighted by molar-refractivity contribution is 5.19. The first-order valence-electron chi connectivity index (χ1n) is 4.61. The van der Waals surface area contributed by atoms with Gasteiger partial charge < -0.3 is 14.3 Å². The molecule has 0 saturated carbocycles. The van der Waals surface area contributed by atoms with Gasteiger partial charge in [0.2, 0.25) is 0 Å². The van der Waals surface area contributed by atoms with Crippen LogP contribution in [0, 0.1) is 0 Å². The van der Waals surface area contributed by atoms with Crippen molar-refractivity contribution in [3.63, 3.8) is 0 Å². The third-order valence-electron chi connectivity index (χ3n) is 1.94. The first kappa shape index (κ1) is 10.3. The zero-order valence-corrected chi connectivity index (χ0v) is 8.12. The standard InChI is InChI=1S/C10H16O3/c1-3-10-8(5-6-13-10)9(11)7-12-4-2/h5-6,9,11H,3-4,7H2,1-2H3. The largest absolute Gasteiger partial charge is 0.469 e. The van der Waals surface area contributed by atoms with Crippen LogP contribution in [0.25, 0.3) is 0 Å². The SMILES string of the molecule is CCOCC(O)c1ccoc1CC. The maximum absolute atomic E-state index is 9.67. The molecule has 1 heterocycles. The molecule has 0 amide bonds. The van der Waals surface area contributed by atoms with Crippen molar-refractivity contribution in [2.75, 3.05) is 13.2 Å². The maximum Gasteiger partial charge on any atom is 0.109 e. The summed E-state index contributed by atoms with van der Waals surface area (Å²) in [5.74, 6) is 0.840. The zero-order valence-electron chi connectivity index (χ0n) is 8.12. The Labute approximate surface area is 78.3 Å². The van der Waals surface area contributed by atoms with Crippen LogP contribution >= 0.6 is 0 Å². The molecular weight excluding hydrogens is 168 g/mol. The molecule has 3 nitrogen and oxygen atoms in total. The highest BCUT2D eigenvalue weighted by Crippen LogP contribution is 2.19. The second kappa shape index (κ2) is 5.04. The van der Waals surface area contributed by atoms with Gasteiger partial charge in [0.15, 0.2) is 0 Å². The molecule has 0 radical (unpaired) electrons. The van der Waals surface area contributed by atoms with Gasteiger partial charge in [-0.1, -0.05) is 6.92 Å². The molecule has 0 aliphatic heterocycles. The van der Waals surface area contributed by atoms with Gasteiger partial charge in [0.1, 0.15) is 11.9 Å². The molecule has 0 aliphatic rings. The molecule has 3 heteroatoms. The number of rotatable bonds is 5. The van der Waals surface area contributed by atoms with Crippen LogP contribution in [0.2, 0.25) is 0 Å². The molecule has 1 aromatic rings. The number of furan rings is 1. The highest BCUT2D eigenvalue weighted by Gasteiger charge is 2.13. The third-order valence-corrected chi connectivity index (χ3v) is 1.94. The van der Waals surface area contributed by atoms with Crippen LogP contribution in [0.1, 0.15) is 31.3 Å². The zero-order chi connectivity index (χ0) is 9.68. The maximum atomic E-state index is 9.67. The lowest BCUT2D eigenvalue weighted by molar-refractivity contribution is 0.0411. The van der Waals surface area contributed by atoms with E-state index in [0.717, 1.165) is 17.7 Å². The minimum Gasteiger partial charge on any atom is -0.469 e. The van der Waals surface area contributed by atoms with E-state index in [2.05, 4.69) is 0 Å². The van der Waals surface area contributed by atoms with E-state index in [-0.39, 0.29) is 0 Å².